The predicted molar refractivity (Wildman–Crippen MR) is 102 cm³/mol. The van der Waals surface area contributed by atoms with Crippen LogP contribution in [0.15, 0.2) is 54.6 Å². The summed E-state index contributed by atoms with van der Waals surface area (Å²) in [6.45, 7) is 1.47. The molecule has 0 bridgehead atoms. The zero-order valence-corrected chi connectivity index (χ0v) is 14.6. The number of carbonyl (C=O) groups excluding carboxylic acids is 2. The Hall–Kier alpha value is -3.48. The third-order valence-electron chi connectivity index (χ3n) is 4.34. The zero-order valence-electron chi connectivity index (χ0n) is 14.6. The highest BCUT2D eigenvalue weighted by molar-refractivity contribution is 6.07. The molecule has 7 nitrogen and oxygen atoms in total. The second kappa shape index (κ2) is 8.27. The number of carbonyl (C=O) groups is 2. The van der Waals surface area contributed by atoms with E-state index in [1.54, 1.807) is 47.4 Å². The number of anilines is 1. The third kappa shape index (κ3) is 4.58. The van der Waals surface area contributed by atoms with Gasteiger partial charge in [-0.05, 0) is 48.7 Å². The lowest BCUT2D eigenvalue weighted by molar-refractivity contribution is -0.384. The molecule has 7 heteroatoms. The number of rotatable bonds is 5. The highest BCUT2D eigenvalue weighted by atomic mass is 16.6. The lowest BCUT2D eigenvalue weighted by atomic mass is 10.1. The van der Waals surface area contributed by atoms with Crippen molar-refractivity contribution >= 4 is 29.3 Å². The molecule has 0 unspecified atom stereocenters. The average Bonchev–Trinajstić information content (AvgIpc) is 3.21. The van der Waals surface area contributed by atoms with E-state index in [4.69, 9.17) is 0 Å². The molecule has 1 aliphatic rings. The number of likely N-dealkylation sites (tertiary alicyclic amines) is 1. The Labute approximate surface area is 156 Å². The number of para-hydroxylation sites is 1. The number of nitro benzene ring substituents is 1. The molecule has 0 spiro atoms. The van der Waals surface area contributed by atoms with Crippen molar-refractivity contribution in [2.24, 2.45) is 0 Å². The van der Waals surface area contributed by atoms with Gasteiger partial charge in [0.2, 0.25) is 5.91 Å². The van der Waals surface area contributed by atoms with E-state index in [0.29, 0.717) is 16.8 Å². The molecule has 0 saturated carbocycles. The molecule has 2 aromatic carbocycles. The molecule has 138 valence electrons. The Morgan fingerprint density at radius 2 is 1.70 bits per heavy atom. The molecule has 2 aromatic rings. The van der Waals surface area contributed by atoms with Gasteiger partial charge in [0.15, 0.2) is 0 Å². The van der Waals surface area contributed by atoms with Gasteiger partial charge in [-0.2, -0.15) is 0 Å². The summed E-state index contributed by atoms with van der Waals surface area (Å²) in [6.07, 6.45) is 4.89. The first kappa shape index (κ1) is 18.3. The van der Waals surface area contributed by atoms with E-state index in [-0.39, 0.29) is 17.5 Å². The summed E-state index contributed by atoms with van der Waals surface area (Å²) in [7, 11) is 0. The van der Waals surface area contributed by atoms with Gasteiger partial charge in [0, 0.05) is 31.3 Å². The molecule has 0 atom stereocenters. The molecule has 0 aromatic heterocycles. The highest BCUT2D eigenvalue weighted by Crippen LogP contribution is 2.20. The van der Waals surface area contributed by atoms with Crippen LogP contribution in [0, 0.1) is 10.1 Å². The minimum absolute atomic E-state index is 0.00838. The van der Waals surface area contributed by atoms with E-state index >= 15 is 0 Å². The van der Waals surface area contributed by atoms with Crippen LogP contribution in [0.5, 0.6) is 0 Å². The SMILES string of the molecule is O=C(/C=C/c1ccc([N+](=O)[O-])cc1)Nc1ccccc1C(=O)N1CCCC1. The molecule has 1 heterocycles. The number of hydrogen-bond acceptors (Lipinski definition) is 4. The maximum Gasteiger partial charge on any atom is 0.269 e. The first-order valence-corrected chi connectivity index (χ1v) is 8.66. The van der Waals surface area contributed by atoms with Crippen LogP contribution in [-0.2, 0) is 4.79 Å². The second-order valence-corrected chi connectivity index (χ2v) is 6.22. The first-order chi connectivity index (χ1) is 13.0. The fourth-order valence-electron chi connectivity index (χ4n) is 2.92. The topological polar surface area (TPSA) is 92.5 Å². The molecule has 1 fully saturated rings. The lowest BCUT2D eigenvalue weighted by Crippen LogP contribution is -2.28. The number of nitrogens with zero attached hydrogens (tertiary/aromatic N) is 2. The molecular weight excluding hydrogens is 346 g/mol. The van der Waals surface area contributed by atoms with E-state index in [0.717, 1.165) is 25.9 Å². The van der Waals surface area contributed by atoms with Crippen LogP contribution < -0.4 is 5.32 Å². The second-order valence-electron chi connectivity index (χ2n) is 6.22. The Bertz CT molecular complexity index is 884. The first-order valence-electron chi connectivity index (χ1n) is 8.66. The lowest BCUT2D eigenvalue weighted by Gasteiger charge is -2.17. The van der Waals surface area contributed by atoms with Gasteiger partial charge in [-0.15, -0.1) is 0 Å². The molecular formula is C20H19N3O4. The molecule has 3 rings (SSSR count). The van der Waals surface area contributed by atoms with E-state index < -0.39 is 4.92 Å². The Kier molecular flexibility index (Phi) is 5.61. The molecule has 1 saturated heterocycles. The summed E-state index contributed by atoms with van der Waals surface area (Å²) in [4.78, 5) is 36.8. The summed E-state index contributed by atoms with van der Waals surface area (Å²) in [6, 6.07) is 12.8. The fraction of sp³-hybridized carbons (Fsp3) is 0.200. The number of nitro groups is 1. The van der Waals surface area contributed by atoms with Gasteiger partial charge in [0.05, 0.1) is 16.2 Å². The fourth-order valence-corrected chi connectivity index (χ4v) is 2.92. The van der Waals surface area contributed by atoms with Crippen LogP contribution in [0.25, 0.3) is 6.08 Å². The number of hydrogen-bond donors (Lipinski definition) is 1. The molecule has 1 N–H and O–H groups in total. The minimum Gasteiger partial charge on any atom is -0.339 e. The molecule has 0 aliphatic carbocycles. The van der Waals surface area contributed by atoms with Crippen molar-refractivity contribution < 1.29 is 14.5 Å². The van der Waals surface area contributed by atoms with Crippen LogP contribution in [0.3, 0.4) is 0 Å². The smallest absolute Gasteiger partial charge is 0.269 e. The number of nitrogens with one attached hydrogen (secondary N) is 1. The van der Waals surface area contributed by atoms with Crippen LogP contribution in [-0.4, -0.2) is 34.7 Å². The number of amides is 2. The summed E-state index contributed by atoms with van der Waals surface area (Å²) in [5.41, 5.74) is 1.59. The molecule has 27 heavy (non-hydrogen) atoms. The van der Waals surface area contributed by atoms with Crippen molar-refractivity contribution in [2.45, 2.75) is 12.8 Å². The molecule has 2 amide bonds. The van der Waals surface area contributed by atoms with E-state index in [1.165, 1.54) is 18.2 Å². The number of non-ortho nitro benzene ring substituents is 1. The van der Waals surface area contributed by atoms with Gasteiger partial charge in [0.25, 0.3) is 11.6 Å². The highest BCUT2D eigenvalue weighted by Gasteiger charge is 2.21. The Morgan fingerprint density at radius 3 is 2.37 bits per heavy atom. The van der Waals surface area contributed by atoms with Crippen molar-refractivity contribution in [2.75, 3.05) is 18.4 Å². The van der Waals surface area contributed by atoms with Crippen LogP contribution in [0.2, 0.25) is 0 Å². The Balaban J connectivity index is 1.69. The van der Waals surface area contributed by atoms with Crippen molar-refractivity contribution in [3.8, 4) is 0 Å². The van der Waals surface area contributed by atoms with E-state index in [9.17, 15) is 19.7 Å². The average molecular weight is 365 g/mol. The van der Waals surface area contributed by atoms with Gasteiger partial charge in [-0.25, -0.2) is 0 Å². The van der Waals surface area contributed by atoms with Crippen LogP contribution in [0.1, 0.15) is 28.8 Å². The van der Waals surface area contributed by atoms with Crippen molar-refractivity contribution in [1.29, 1.82) is 0 Å². The van der Waals surface area contributed by atoms with Crippen molar-refractivity contribution in [3.05, 3.63) is 75.8 Å². The van der Waals surface area contributed by atoms with E-state index in [2.05, 4.69) is 5.32 Å². The summed E-state index contributed by atoms with van der Waals surface area (Å²) in [5, 5.41) is 13.4. The largest absolute Gasteiger partial charge is 0.339 e. The normalized spacial score (nSPS) is 13.7. The quantitative estimate of drug-likeness (QED) is 0.499. The third-order valence-corrected chi connectivity index (χ3v) is 4.34. The van der Waals surface area contributed by atoms with Gasteiger partial charge in [0.1, 0.15) is 0 Å². The van der Waals surface area contributed by atoms with Gasteiger partial charge < -0.3 is 10.2 Å². The minimum atomic E-state index is -0.478. The van der Waals surface area contributed by atoms with Gasteiger partial charge in [-0.1, -0.05) is 12.1 Å². The molecule has 0 radical (unpaired) electrons. The standard InChI is InChI=1S/C20H19N3O4/c24-19(12-9-15-7-10-16(11-8-15)23(26)27)21-18-6-2-1-5-17(18)20(25)22-13-3-4-14-22/h1-2,5-12H,3-4,13-14H2,(H,21,24)/b12-9+. The van der Waals surface area contributed by atoms with Gasteiger partial charge >= 0.3 is 0 Å². The van der Waals surface area contributed by atoms with Gasteiger partial charge in [-0.3, -0.25) is 19.7 Å². The van der Waals surface area contributed by atoms with Crippen LogP contribution in [0.4, 0.5) is 11.4 Å². The predicted octanol–water partition coefficient (Wildman–Crippen LogP) is 3.48. The summed E-state index contributed by atoms with van der Waals surface area (Å²) in [5.74, 6) is -0.460. The Morgan fingerprint density at radius 1 is 1.04 bits per heavy atom. The van der Waals surface area contributed by atoms with E-state index in [1.807, 2.05) is 0 Å². The summed E-state index contributed by atoms with van der Waals surface area (Å²) >= 11 is 0. The monoisotopic (exact) mass is 365 g/mol. The van der Waals surface area contributed by atoms with Crippen molar-refractivity contribution in [1.82, 2.24) is 4.90 Å². The van der Waals surface area contributed by atoms with Crippen molar-refractivity contribution in [3.63, 3.8) is 0 Å². The maximum absolute atomic E-state index is 12.6. The molecule has 1 aliphatic heterocycles. The zero-order chi connectivity index (χ0) is 19.2. The summed E-state index contributed by atoms with van der Waals surface area (Å²) < 4.78 is 0. The number of benzene rings is 2. The van der Waals surface area contributed by atoms with Crippen LogP contribution >= 0.6 is 0 Å². The maximum atomic E-state index is 12.6.